The molecular weight excluding hydrogens is 270 g/mol. The van der Waals surface area contributed by atoms with Crippen molar-refractivity contribution in [2.75, 3.05) is 5.75 Å². The van der Waals surface area contributed by atoms with Crippen LogP contribution in [0.4, 0.5) is 0 Å². The molecule has 0 aromatic carbocycles. The van der Waals surface area contributed by atoms with Gasteiger partial charge in [-0.2, -0.15) is 0 Å². The zero-order valence-electron chi connectivity index (χ0n) is 13.2. The minimum absolute atomic E-state index is 0.0649. The third-order valence-electron chi connectivity index (χ3n) is 3.69. The summed E-state index contributed by atoms with van der Waals surface area (Å²) in [7, 11) is 0. The Labute approximate surface area is 125 Å². The van der Waals surface area contributed by atoms with Crippen LogP contribution in [0.5, 0.6) is 0 Å². The summed E-state index contributed by atoms with van der Waals surface area (Å²) in [5, 5.41) is 4.04. The van der Waals surface area contributed by atoms with E-state index in [1.54, 1.807) is 11.8 Å². The maximum Gasteiger partial charge on any atom is 0.154 e. The zero-order valence-corrected chi connectivity index (χ0v) is 14.0. The van der Waals surface area contributed by atoms with Crippen molar-refractivity contribution in [2.24, 2.45) is 5.92 Å². The number of Topliss-reactive ketones (excluding diaryl/α,β-unsaturated/α-hetero) is 1. The fraction of sp³-hybridized carbons (Fsp3) is 0.750. The SMILES string of the molecule is CC(C)(SCC1CC1)C(=O)Cc1cc(C(C)(C)C)on1. The molecule has 0 unspecified atom stereocenters. The molecule has 0 bridgehead atoms. The molecular formula is C16H25NO2S. The Morgan fingerprint density at radius 1 is 1.35 bits per heavy atom. The van der Waals surface area contributed by atoms with Gasteiger partial charge >= 0.3 is 0 Å². The molecule has 2 rings (SSSR count). The van der Waals surface area contributed by atoms with Crippen LogP contribution in [0.25, 0.3) is 0 Å². The highest BCUT2D eigenvalue weighted by Gasteiger charge is 2.32. The summed E-state index contributed by atoms with van der Waals surface area (Å²) in [5.74, 6) is 3.01. The van der Waals surface area contributed by atoms with Gasteiger partial charge in [0, 0.05) is 11.5 Å². The molecule has 1 aliphatic carbocycles. The molecule has 0 saturated heterocycles. The second kappa shape index (κ2) is 5.55. The van der Waals surface area contributed by atoms with E-state index in [2.05, 4.69) is 25.9 Å². The Bertz CT molecular complexity index is 481. The number of rotatable bonds is 6. The van der Waals surface area contributed by atoms with Crippen LogP contribution < -0.4 is 0 Å². The van der Waals surface area contributed by atoms with Crippen LogP contribution in [0.3, 0.4) is 0 Å². The van der Waals surface area contributed by atoms with E-state index in [9.17, 15) is 4.79 Å². The van der Waals surface area contributed by atoms with E-state index in [0.717, 1.165) is 23.1 Å². The van der Waals surface area contributed by atoms with Gasteiger partial charge in [0.15, 0.2) is 5.78 Å². The summed E-state index contributed by atoms with van der Waals surface area (Å²) >= 11 is 1.78. The van der Waals surface area contributed by atoms with E-state index in [-0.39, 0.29) is 15.9 Å². The summed E-state index contributed by atoms with van der Waals surface area (Å²) in [6.45, 7) is 10.3. The van der Waals surface area contributed by atoms with Crippen molar-refractivity contribution in [3.8, 4) is 0 Å². The monoisotopic (exact) mass is 295 g/mol. The number of thioether (sulfide) groups is 1. The number of carbonyl (C=O) groups excluding carboxylic acids is 1. The normalized spacial score (nSPS) is 16.4. The van der Waals surface area contributed by atoms with Crippen LogP contribution in [0.1, 0.15) is 58.9 Å². The lowest BCUT2D eigenvalue weighted by Crippen LogP contribution is -2.30. The highest BCUT2D eigenvalue weighted by Crippen LogP contribution is 2.37. The second-order valence-corrected chi connectivity index (χ2v) is 8.94. The largest absolute Gasteiger partial charge is 0.361 e. The number of nitrogens with zero attached hydrogens (tertiary/aromatic N) is 1. The molecule has 3 nitrogen and oxygen atoms in total. The van der Waals surface area contributed by atoms with E-state index in [1.807, 2.05) is 19.9 Å². The van der Waals surface area contributed by atoms with Gasteiger partial charge in [-0.1, -0.05) is 25.9 Å². The van der Waals surface area contributed by atoms with Crippen molar-refractivity contribution in [3.63, 3.8) is 0 Å². The van der Waals surface area contributed by atoms with Gasteiger partial charge in [-0.05, 0) is 38.4 Å². The summed E-state index contributed by atoms with van der Waals surface area (Å²) in [6, 6.07) is 1.92. The lowest BCUT2D eigenvalue weighted by molar-refractivity contribution is -0.120. The zero-order chi connectivity index (χ0) is 15.0. The summed E-state index contributed by atoms with van der Waals surface area (Å²) < 4.78 is 5.01. The van der Waals surface area contributed by atoms with Crippen molar-refractivity contribution in [2.45, 2.75) is 64.0 Å². The molecule has 1 heterocycles. The number of hydrogen-bond acceptors (Lipinski definition) is 4. The third-order valence-corrected chi connectivity index (χ3v) is 5.28. The smallest absolute Gasteiger partial charge is 0.154 e. The maximum atomic E-state index is 12.4. The highest BCUT2D eigenvalue weighted by atomic mass is 32.2. The van der Waals surface area contributed by atoms with Crippen molar-refractivity contribution in [1.29, 1.82) is 0 Å². The molecule has 0 aliphatic heterocycles. The Morgan fingerprint density at radius 2 is 2.00 bits per heavy atom. The molecule has 1 fully saturated rings. The molecule has 0 atom stereocenters. The van der Waals surface area contributed by atoms with E-state index in [1.165, 1.54) is 12.8 Å². The Balaban J connectivity index is 1.94. The standard InChI is InChI=1S/C16H25NO2S/c1-15(2,3)14-9-12(17-19-14)8-13(18)16(4,5)20-10-11-6-7-11/h9,11H,6-8,10H2,1-5H3. The van der Waals surface area contributed by atoms with Gasteiger partial charge in [0.2, 0.25) is 0 Å². The van der Waals surface area contributed by atoms with Crippen LogP contribution in [-0.4, -0.2) is 21.4 Å². The number of carbonyl (C=O) groups is 1. The van der Waals surface area contributed by atoms with Gasteiger partial charge in [0.1, 0.15) is 5.76 Å². The van der Waals surface area contributed by atoms with Gasteiger partial charge < -0.3 is 4.52 Å². The van der Waals surface area contributed by atoms with Gasteiger partial charge in [-0.3, -0.25) is 4.79 Å². The molecule has 1 aliphatic rings. The highest BCUT2D eigenvalue weighted by molar-refractivity contribution is 8.01. The Kier molecular flexibility index (Phi) is 4.33. The van der Waals surface area contributed by atoms with Crippen molar-refractivity contribution >= 4 is 17.5 Å². The first-order chi connectivity index (χ1) is 9.18. The number of hydrogen-bond donors (Lipinski definition) is 0. The summed E-state index contributed by atoms with van der Waals surface area (Å²) in [6.07, 6.45) is 3.02. The third kappa shape index (κ3) is 4.11. The predicted octanol–water partition coefficient (Wildman–Crippen LogP) is 4.01. The van der Waals surface area contributed by atoms with Crippen molar-refractivity contribution < 1.29 is 9.32 Å². The van der Waals surface area contributed by atoms with Gasteiger partial charge in [0.25, 0.3) is 0 Å². The van der Waals surface area contributed by atoms with Crippen LogP contribution in [0, 0.1) is 5.92 Å². The van der Waals surface area contributed by atoms with Crippen molar-refractivity contribution in [3.05, 3.63) is 17.5 Å². The topological polar surface area (TPSA) is 43.1 Å². The Hall–Kier alpha value is -0.770. The molecule has 1 saturated carbocycles. The molecule has 0 spiro atoms. The van der Waals surface area contributed by atoms with E-state index in [4.69, 9.17) is 4.52 Å². The second-order valence-electron chi connectivity index (χ2n) is 7.30. The fourth-order valence-corrected chi connectivity index (χ4v) is 3.04. The van der Waals surface area contributed by atoms with Crippen molar-refractivity contribution in [1.82, 2.24) is 5.16 Å². The first-order valence-corrected chi connectivity index (χ1v) is 8.30. The lowest BCUT2D eigenvalue weighted by Gasteiger charge is -2.22. The van der Waals surface area contributed by atoms with E-state index in [0.29, 0.717) is 6.42 Å². The molecule has 0 amide bonds. The van der Waals surface area contributed by atoms with E-state index >= 15 is 0 Å². The Morgan fingerprint density at radius 3 is 2.50 bits per heavy atom. The van der Waals surface area contributed by atoms with Crippen LogP contribution >= 0.6 is 11.8 Å². The molecule has 4 heteroatoms. The molecule has 112 valence electrons. The average molecular weight is 295 g/mol. The maximum absolute atomic E-state index is 12.4. The first kappa shape index (κ1) is 15.6. The van der Waals surface area contributed by atoms with Crippen LogP contribution in [-0.2, 0) is 16.6 Å². The lowest BCUT2D eigenvalue weighted by atomic mass is 9.92. The number of aromatic nitrogens is 1. The van der Waals surface area contributed by atoms with Gasteiger partial charge in [-0.15, -0.1) is 11.8 Å². The van der Waals surface area contributed by atoms with Crippen LogP contribution in [0.15, 0.2) is 10.6 Å². The first-order valence-electron chi connectivity index (χ1n) is 7.32. The quantitative estimate of drug-likeness (QED) is 0.795. The van der Waals surface area contributed by atoms with E-state index < -0.39 is 0 Å². The molecule has 20 heavy (non-hydrogen) atoms. The molecule has 0 N–H and O–H groups in total. The average Bonchev–Trinajstić information content (AvgIpc) is 3.04. The molecule has 1 aromatic heterocycles. The van der Waals surface area contributed by atoms with Crippen LogP contribution in [0.2, 0.25) is 0 Å². The fourth-order valence-electron chi connectivity index (χ4n) is 1.82. The van der Waals surface area contributed by atoms with Gasteiger partial charge in [-0.25, -0.2) is 0 Å². The minimum Gasteiger partial charge on any atom is -0.361 e. The molecule has 0 radical (unpaired) electrons. The molecule has 1 aromatic rings. The minimum atomic E-state index is -0.330. The van der Waals surface area contributed by atoms with Gasteiger partial charge in [0.05, 0.1) is 16.9 Å². The summed E-state index contributed by atoms with van der Waals surface area (Å²) in [5.41, 5.74) is 0.685. The number of ketones is 1. The predicted molar refractivity (Wildman–Crippen MR) is 83.2 cm³/mol. The summed E-state index contributed by atoms with van der Waals surface area (Å²) in [4.78, 5) is 12.4.